The van der Waals surface area contributed by atoms with Gasteiger partial charge in [0.05, 0.1) is 18.1 Å². The van der Waals surface area contributed by atoms with E-state index in [1.807, 2.05) is 32.0 Å². The molecule has 0 spiro atoms. The van der Waals surface area contributed by atoms with Gasteiger partial charge < -0.3 is 4.74 Å². The fraction of sp³-hybridized carbons (Fsp3) is 0.391. The highest BCUT2D eigenvalue weighted by Crippen LogP contribution is 2.19. The summed E-state index contributed by atoms with van der Waals surface area (Å²) >= 11 is 0. The molecule has 0 aliphatic carbocycles. The van der Waals surface area contributed by atoms with E-state index in [2.05, 4.69) is 36.8 Å². The van der Waals surface area contributed by atoms with Crippen molar-refractivity contribution in [1.29, 1.82) is 0 Å². The average molecular weight is 383 g/mol. The van der Waals surface area contributed by atoms with Crippen LogP contribution in [0.1, 0.15) is 61.5 Å². The molecule has 0 radical (unpaired) electrons. The fourth-order valence-electron chi connectivity index (χ4n) is 2.85. The summed E-state index contributed by atoms with van der Waals surface area (Å²) in [6.07, 6.45) is 1.86. The monoisotopic (exact) mass is 382 g/mol. The van der Waals surface area contributed by atoms with Gasteiger partial charge in [-0.25, -0.2) is 0 Å². The molecule has 5 heteroatoms. The first kappa shape index (κ1) is 21.5. The maximum atomic E-state index is 12.4. The van der Waals surface area contributed by atoms with Gasteiger partial charge >= 0.3 is 0 Å². The number of carbonyl (C=O) groups excluding carboxylic acids is 2. The number of ether oxygens (including phenoxy) is 1. The molecule has 0 fully saturated rings. The van der Waals surface area contributed by atoms with Gasteiger partial charge in [0.2, 0.25) is 5.91 Å². The van der Waals surface area contributed by atoms with Gasteiger partial charge in [-0.15, -0.1) is 0 Å². The number of benzene rings is 2. The first-order valence-electron chi connectivity index (χ1n) is 9.83. The smallest absolute Gasteiger partial charge is 0.273 e. The molecule has 2 rings (SSSR count). The Balaban J connectivity index is 1.95. The number of para-hydroxylation sites is 1. The summed E-state index contributed by atoms with van der Waals surface area (Å²) in [4.78, 5) is 24.9. The lowest BCUT2D eigenvalue weighted by atomic mass is 9.96. The molecule has 0 bridgehead atoms. The predicted molar refractivity (Wildman–Crippen MR) is 111 cm³/mol. The molecule has 28 heavy (non-hydrogen) atoms. The van der Waals surface area contributed by atoms with Gasteiger partial charge in [0.15, 0.2) is 0 Å². The Morgan fingerprint density at radius 3 is 2.29 bits per heavy atom. The van der Waals surface area contributed by atoms with Crippen LogP contribution in [0.15, 0.2) is 48.5 Å². The second-order valence-electron chi connectivity index (χ2n) is 7.35. The zero-order chi connectivity index (χ0) is 20.5. The largest absolute Gasteiger partial charge is 0.493 e. The third-order valence-electron chi connectivity index (χ3n) is 4.41. The van der Waals surface area contributed by atoms with E-state index in [0.717, 1.165) is 18.4 Å². The third kappa shape index (κ3) is 6.12. The minimum Gasteiger partial charge on any atom is -0.493 e. The van der Waals surface area contributed by atoms with E-state index in [0.29, 0.717) is 23.8 Å². The molecule has 2 N–H and O–H groups in total. The number of rotatable bonds is 8. The van der Waals surface area contributed by atoms with Crippen LogP contribution in [-0.2, 0) is 11.2 Å². The second kappa shape index (κ2) is 10.5. The van der Waals surface area contributed by atoms with Gasteiger partial charge in [0.25, 0.3) is 5.91 Å². The highest BCUT2D eigenvalue weighted by atomic mass is 16.5. The number of hydrogen-bond acceptors (Lipinski definition) is 3. The van der Waals surface area contributed by atoms with Crippen LogP contribution in [0, 0.1) is 5.92 Å². The molecule has 0 aliphatic heterocycles. The maximum absolute atomic E-state index is 12.4. The number of carbonyl (C=O) groups is 2. The molecule has 1 unspecified atom stereocenters. The molecule has 0 heterocycles. The van der Waals surface area contributed by atoms with Gasteiger partial charge in [-0.1, -0.05) is 57.2 Å². The Morgan fingerprint density at radius 1 is 0.964 bits per heavy atom. The van der Waals surface area contributed by atoms with Crippen molar-refractivity contribution >= 4 is 11.8 Å². The molecule has 1 atom stereocenters. The normalized spacial score (nSPS) is 11.8. The van der Waals surface area contributed by atoms with Crippen LogP contribution >= 0.6 is 0 Å². The Kier molecular flexibility index (Phi) is 8.05. The Hall–Kier alpha value is -2.82. The zero-order valence-electron chi connectivity index (χ0n) is 17.1. The second-order valence-corrected chi connectivity index (χ2v) is 7.35. The standard InChI is InChI=1S/C23H30N2O3/c1-5-14-28-21-9-7-6-8-20(21)23(27)25-24-22(26)17(4)19-12-10-18(11-13-19)15-16(2)3/h6-13,16-17H,5,14-15H2,1-4H3,(H,24,26)(H,25,27). The number of hydrogen-bond donors (Lipinski definition) is 2. The van der Waals surface area contributed by atoms with Crippen molar-refractivity contribution in [2.24, 2.45) is 5.92 Å². The third-order valence-corrected chi connectivity index (χ3v) is 4.41. The lowest BCUT2D eigenvalue weighted by molar-refractivity contribution is -0.123. The van der Waals surface area contributed by atoms with Crippen molar-refractivity contribution in [3.05, 3.63) is 65.2 Å². The summed E-state index contributed by atoms with van der Waals surface area (Å²) in [5.41, 5.74) is 7.55. The van der Waals surface area contributed by atoms with Crippen molar-refractivity contribution in [2.45, 2.75) is 46.5 Å². The topological polar surface area (TPSA) is 67.4 Å². The minimum atomic E-state index is -0.403. The molecule has 2 amide bonds. The van der Waals surface area contributed by atoms with Crippen LogP contribution < -0.4 is 15.6 Å². The molecule has 2 aromatic carbocycles. The molecular weight excluding hydrogens is 352 g/mol. The molecule has 2 aromatic rings. The molecule has 0 saturated heterocycles. The molecule has 0 aliphatic rings. The van der Waals surface area contributed by atoms with Crippen molar-refractivity contribution in [2.75, 3.05) is 6.61 Å². The van der Waals surface area contributed by atoms with Crippen LogP contribution in [0.2, 0.25) is 0 Å². The van der Waals surface area contributed by atoms with Gasteiger partial charge in [-0.3, -0.25) is 20.4 Å². The van der Waals surface area contributed by atoms with Gasteiger partial charge in [-0.2, -0.15) is 0 Å². The summed E-state index contributed by atoms with van der Waals surface area (Å²) in [5.74, 6) is 0.0484. The Labute approximate surface area is 167 Å². The minimum absolute atomic E-state index is 0.267. The zero-order valence-corrected chi connectivity index (χ0v) is 17.1. The van der Waals surface area contributed by atoms with E-state index in [1.165, 1.54) is 5.56 Å². The van der Waals surface area contributed by atoms with E-state index in [4.69, 9.17) is 4.74 Å². The van der Waals surface area contributed by atoms with Gasteiger partial charge in [0.1, 0.15) is 5.75 Å². The SMILES string of the molecule is CCCOc1ccccc1C(=O)NNC(=O)C(C)c1ccc(CC(C)C)cc1. The molecule has 150 valence electrons. The first-order chi connectivity index (χ1) is 13.4. The van der Waals surface area contributed by atoms with Crippen molar-refractivity contribution in [3.63, 3.8) is 0 Å². The summed E-state index contributed by atoms with van der Waals surface area (Å²) in [6, 6.07) is 15.0. The van der Waals surface area contributed by atoms with Crippen LogP contribution in [0.3, 0.4) is 0 Å². The van der Waals surface area contributed by atoms with Crippen LogP contribution in [0.4, 0.5) is 0 Å². The highest BCUT2D eigenvalue weighted by Gasteiger charge is 2.17. The lowest BCUT2D eigenvalue weighted by Gasteiger charge is -2.15. The van der Waals surface area contributed by atoms with E-state index in [1.54, 1.807) is 18.2 Å². The van der Waals surface area contributed by atoms with E-state index in [-0.39, 0.29) is 11.8 Å². The van der Waals surface area contributed by atoms with E-state index >= 15 is 0 Å². The molecular formula is C23H30N2O3. The summed E-state index contributed by atoms with van der Waals surface area (Å²) in [7, 11) is 0. The lowest BCUT2D eigenvalue weighted by Crippen LogP contribution is -2.43. The molecule has 0 saturated carbocycles. The van der Waals surface area contributed by atoms with Gasteiger partial charge in [0, 0.05) is 0 Å². The van der Waals surface area contributed by atoms with Crippen molar-refractivity contribution in [3.8, 4) is 5.75 Å². The summed E-state index contributed by atoms with van der Waals surface area (Å²) in [5, 5.41) is 0. The Bertz CT molecular complexity index is 785. The van der Waals surface area contributed by atoms with E-state index < -0.39 is 5.91 Å². The highest BCUT2D eigenvalue weighted by molar-refractivity contribution is 5.98. The summed E-state index contributed by atoms with van der Waals surface area (Å²) < 4.78 is 5.60. The van der Waals surface area contributed by atoms with Crippen LogP contribution in [0.5, 0.6) is 5.75 Å². The fourth-order valence-corrected chi connectivity index (χ4v) is 2.85. The molecule has 5 nitrogen and oxygen atoms in total. The van der Waals surface area contributed by atoms with E-state index in [9.17, 15) is 9.59 Å². The molecule has 0 aromatic heterocycles. The Morgan fingerprint density at radius 2 is 1.64 bits per heavy atom. The number of hydrazine groups is 1. The van der Waals surface area contributed by atoms with Crippen molar-refractivity contribution in [1.82, 2.24) is 10.9 Å². The number of amides is 2. The number of nitrogens with one attached hydrogen (secondary N) is 2. The van der Waals surface area contributed by atoms with Crippen LogP contribution in [0.25, 0.3) is 0 Å². The van der Waals surface area contributed by atoms with Crippen molar-refractivity contribution < 1.29 is 14.3 Å². The van der Waals surface area contributed by atoms with Crippen LogP contribution in [-0.4, -0.2) is 18.4 Å². The predicted octanol–water partition coefficient (Wildman–Crippen LogP) is 4.24. The average Bonchev–Trinajstić information content (AvgIpc) is 2.70. The summed E-state index contributed by atoms with van der Waals surface area (Å²) in [6.45, 7) is 8.70. The quantitative estimate of drug-likeness (QED) is 0.671. The first-order valence-corrected chi connectivity index (χ1v) is 9.83. The van der Waals surface area contributed by atoms with Gasteiger partial charge in [-0.05, 0) is 48.9 Å². The maximum Gasteiger partial charge on any atom is 0.273 e.